The highest BCUT2D eigenvalue weighted by molar-refractivity contribution is 7.56. The zero-order valence-corrected chi connectivity index (χ0v) is 6.00. The Bertz CT molecular complexity index is 58.4. The Morgan fingerprint density at radius 3 is 1.29 bits per heavy atom. The van der Waals surface area contributed by atoms with Gasteiger partial charge in [-0.25, -0.2) is 0 Å². The van der Waals surface area contributed by atoms with Gasteiger partial charge in [-0.15, -0.1) is 0 Å². The molecule has 44 valence electrons. The zero-order valence-electron chi connectivity index (χ0n) is 2.84. The maximum atomic E-state index is 11.2. The highest BCUT2D eigenvalue weighted by Crippen LogP contribution is 2.60. The van der Waals surface area contributed by atoms with Gasteiger partial charge in [-0.2, -0.15) is 8.39 Å². The minimum absolute atomic E-state index is 2.35. The first kappa shape index (κ1) is 8.16. The number of halogens is 5. The van der Waals surface area contributed by atoms with E-state index in [1.165, 1.54) is 0 Å². The molecular weight excluding hydrogens is 187 g/mol. The van der Waals surface area contributed by atoms with Crippen LogP contribution in [0.3, 0.4) is 0 Å². The zero-order chi connectivity index (χ0) is 6.08. The lowest BCUT2D eigenvalue weighted by Gasteiger charge is -2.04. The van der Waals surface area contributed by atoms with Gasteiger partial charge in [0.05, 0.1) is 0 Å². The largest absolute Gasteiger partial charge is 0.318 e. The van der Waals surface area contributed by atoms with E-state index < -0.39 is 12.1 Å². The van der Waals surface area contributed by atoms with E-state index in [1.807, 2.05) is 0 Å². The lowest BCUT2D eigenvalue weighted by molar-refractivity contribution is 0.743. The first-order valence-corrected chi connectivity index (χ1v) is 3.39. The van der Waals surface area contributed by atoms with Crippen molar-refractivity contribution in [1.29, 1.82) is 0 Å². The van der Waals surface area contributed by atoms with Crippen molar-refractivity contribution in [3.8, 4) is 0 Å². The van der Waals surface area contributed by atoms with Crippen LogP contribution in [0.15, 0.2) is 0 Å². The van der Waals surface area contributed by atoms with Crippen LogP contribution in [0.25, 0.3) is 0 Å². The second-order valence-corrected chi connectivity index (χ2v) is 4.91. The lowest BCUT2D eigenvalue weighted by atomic mass is 11.8. The molecule has 0 aromatic rings. The predicted octanol–water partition coefficient (Wildman–Crippen LogP) is 3.56. The molecule has 0 aromatic heterocycles. The molecule has 0 unspecified atom stereocenters. The molecule has 0 bridgehead atoms. The SMILES string of the molecule is FP(F)C(Cl)(Cl)Cl. The molecule has 6 heteroatoms. The van der Waals surface area contributed by atoms with Gasteiger partial charge < -0.3 is 0 Å². The second kappa shape index (κ2) is 2.63. The average Bonchev–Trinajstić information content (AvgIpc) is 1.31. The predicted molar refractivity (Wildman–Crippen MR) is 29.4 cm³/mol. The average molecular weight is 187 g/mol. The summed E-state index contributed by atoms with van der Waals surface area (Å²) in [4.78, 5) is 0. The number of hydrogen-bond acceptors (Lipinski definition) is 0. The van der Waals surface area contributed by atoms with Crippen molar-refractivity contribution in [1.82, 2.24) is 0 Å². The van der Waals surface area contributed by atoms with Gasteiger partial charge in [0, 0.05) is 0 Å². The standard InChI is InChI=1S/CCl3F2P/c2-1(3,4)7(5)6. The van der Waals surface area contributed by atoms with Gasteiger partial charge >= 0.3 is 8.54 Å². The number of rotatable bonds is 0. The molecule has 0 saturated heterocycles. The molecule has 0 aliphatic carbocycles. The van der Waals surface area contributed by atoms with Crippen LogP contribution in [0.5, 0.6) is 0 Å². The van der Waals surface area contributed by atoms with Crippen molar-refractivity contribution in [2.24, 2.45) is 0 Å². The molecule has 0 aliphatic heterocycles. The third kappa shape index (κ3) is 3.72. The summed E-state index contributed by atoms with van der Waals surface area (Å²) in [5, 5.41) is 0. The summed E-state index contributed by atoms with van der Waals surface area (Å²) >= 11 is 14.0. The normalized spacial score (nSPS) is 12.9. The molecule has 0 heterocycles. The van der Waals surface area contributed by atoms with E-state index in [-0.39, 0.29) is 0 Å². The van der Waals surface area contributed by atoms with Gasteiger partial charge in [0.25, 0.3) is 3.53 Å². The van der Waals surface area contributed by atoms with Crippen LogP contribution >= 0.6 is 43.3 Å². The van der Waals surface area contributed by atoms with Crippen LogP contribution in [-0.2, 0) is 0 Å². The molecule has 0 rings (SSSR count). The Balaban J connectivity index is 3.54. The molecule has 0 saturated carbocycles. The fraction of sp³-hybridized carbons (Fsp3) is 1.00. The van der Waals surface area contributed by atoms with Gasteiger partial charge in [-0.1, -0.05) is 34.8 Å². The summed E-state index contributed by atoms with van der Waals surface area (Å²) in [6.45, 7) is 0. The Labute approximate surface area is 55.7 Å². The van der Waals surface area contributed by atoms with Crippen LogP contribution in [0.4, 0.5) is 8.39 Å². The molecule has 0 fully saturated rings. The van der Waals surface area contributed by atoms with Crippen LogP contribution in [0.2, 0.25) is 0 Å². The summed E-state index contributed by atoms with van der Waals surface area (Å²) < 4.78 is 20.1. The fourth-order valence-electron chi connectivity index (χ4n) is 0. The summed E-state index contributed by atoms with van der Waals surface area (Å²) in [6, 6.07) is 0. The van der Waals surface area contributed by atoms with Crippen molar-refractivity contribution in [2.45, 2.75) is 3.53 Å². The second-order valence-electron chi connectivity index (χ2n) is 0.701. The summed E-state index contributed by atoms with van der Waals surface area (Å²) in [5.74, 6) is 0. The van der Waals surface area contributed by atoms with Crippen molar-refractivity contribution < 1.29 is 8.39 Å². The van der Waals surface area contributed by atoms with Crippen LogP contribution in [-0.4, -0.2) is 3.53 Å². The molecule has 7 heavy (non-hydrogen) atoms. The first-order valence-electron chi connectivity index (χ1n) is 1.13. The van der Waals surface area contributed by atoms with E-state index >= 15 is 0 Å². The van der Waals surface area contributed by atoms with Gasteiger partial charge in [0.1, 0.15) is 0 Å². The summed E-state index contributed by atoms with van der Waals surface area (Å²) in [5.41, 5.74) is 0. The van der Waals surface area contributed by atoms with E-state index in [1.54, 1.807) is 0 Å². The maximum absolute atomic E-state index is 11.2. The van der Waals surface area contributed by atoms with Crippen LogP contribution < -0.4 is 0 Å². The third-order valence-electron chi connectivity index (χ3n) is 0.192. The number of hydrogen-bond donors (Lipinski definition) is 0. The molecule has 0 amide bonds. The minimum Gasteiger partial charge on any atom is -0.184 e. The summed E-state index contributed by atoms with van der Waals surface area (Å²) in [6.07, 6.45) is 0. The van der Waals surface area contributed by atoms with E-state index in [9.17, 15) is 8.39 Å². The fourth-order valence-corrected chi connectivity index (χ4v) is 0. The first-order chi connectivity index (χ1) is 2.94. The van der Waals surface area contributed by atoms with E-state index in [0.717, 1.165) is 0 Å². The van der Waals surface area contributed by atoms with E-state index in [0.29, 0.717) is 0 Å². The molecule has 0 atom stereocenters. The Kier molecular flexibility index (Phi) is 3.07. The van der Waals surface area contributed by atoms with Gasteiger partial charge in [0.15, 0.2) is 0 Å². The highest BCUT2D eigenvalue weighted by atomic mass is 35.6. The van der Waals surface area contributed by atoms with Crippen molar-refractivity contribution in [2.75, 3.05) is 0 Å². The Hall–Kier alpha value is 1.16. The number of alkyl halides is 3. The quantitative estimate of drug-likeness (QED) is 0.402. The van der Waals surface area contributed by atoms with Crippen molar-refractivity contribution in [3.63, 3.8) is 0 Å². The summed E-state index contributed by atoms with van der Waals surface area (Å²) in [7, 11) is -3.45. The van der Waals surface area contributed by atoms with Crippen LogP contribution in [0, 0.1) is 0 Å². The Morgan fingerprint density at radius 1 is 1.14 bits per heavy atom. The maximum Gasteiger partial charge on any atom is 0.318 e. The van der Waals surface area contributed by atoms with Crippen LogP contribution in [0.1, 0.15) is 0 Å². The Morgan fingerprint density at radius 2 is 1.29 bits per heavy atom. The van der Waals surface area contributed by atoms with Crippen molar-refractivity contribution >= 4 is 43.3 Å². The molecule has 0 aromatic carbocycles. The van der Waals surface area contributed by atoms with E-state index in [2.05, 4.69) is 34.8 Å². The minimum atomic E-state index is -3.45. The molecule has 0 spiro atoms. The van der Waals surface area contributed by atoms with E-state index in [4.69, 9.17) is 0 Å². The molecule has 0 N–H and O–H groups in total. The molecular formula is CCl3F2P. The molecule has 0 nitrogen and oxygen atoms in total. The smallest absolute Gasteiger partial charge is 0.184 e. The topological polar surface area (TPSA) is 0 Å². The van der Waals surface area contributed by atoms with Gasteiger partial charge in [-0.3, -0.25) is 0 Å². The van der Waals surface area contributed by atoms with Gasteiger partial charge in [-0.05, 0) is 0 Å². The third-order valence-corrected chi connectivity index (χ3v) is 1.72. The monoisotopic (exact) mass is 186 g/mol. The highest BCUT2D eigenvalue weighted by Gasteiger charge is 2.34. The molecule has 0 aliphatic rings. The lowest BCUT2D eigenvalue weighted by Crippen LogP contribution is -1.89. The van der Waals surface area contributed by atoms with Gasteiger partial charge in [0.2, 0.25) is 0 Å². The molecule has 0 radical (unpaired) electrons. The van der Waals surface area contributed by atoms with Crippen molar-refractivity contribution in [3.05, 3.63) is 0 Å².